The van der Waals surface area contributed by atoms with Crippen molar-refractivity contribution in [3.05, 3.63) is 56.4 Å². The molecular weight excluding hydrogens is 280 g/mol. The van der Waals surface area contributed by atoms with Gasteiger partial charge in [0.25, 0.3) is 5.56 Å². The molecule has 1 N–H and O–H groups in total. The molecule has 3 nitrogen and oxygen atoms in total. The van der Waals surface area contributed by atoms with E-state index < -0.39 is 0 Å². The summed E-state index contributed by atoms with van der Waals surface area (Å²) in [7, 11) is 0. The molecule has 3 rings (SSSR count). The zero-order valence-corrected chi connectivity index (χ0v) is 10.9. The van der Waals surface area contributed by atoms with Gasteiger partial charge in [-0.25, -0.2) is 4.68 Å². The molecule has 0 bridgehead atoms. The summed E-state index contributed by atoms with van der Waals surface area (Å²) >= 11 is 3.40. The fourth-order valence-electron chi connectivity index (χ4n) is 1.95. The summed E-state index contributed by atoms with van der Waals surface area (Å²) < 4.78 is 2.73. The van der Waals surface area contributed by atoms with E-state index in [1.165, 1.54) is 12.8 Å². The minimum atomic E-state index is 0.0646. The highest BCUT2D eigenvalue weighted by molar-refractivity contribution is 9.10. The second-order valence-electron chi connectivity index (χ2n) is 4.54. The van der Waals surface area contributed by atoms with Crippen LogP contribution >= 0.6 is 15.9 Å². The molecule has 0 aliphatic heterocycles. The number of benzene rings is 1. The second-order valence-corrected chi connectivity index (χ2v) is 5.45. The molecule has 1 saturated carbocycles. The number of nitrogens with zero attached hydrogens (tertiary/aromatic N) is 1. The third kappa shape index (κ3) is 2.36. The van der Waals surface area contributed by atoms with Gasteiger partial charge in [-0.3, -0.25) is 9.89 Å². The van der Waals surface area contributed by atoms with Crippen LogP contribution < -0.4 is 5.56 Å². The van der Waals surface area contributed by atoms with Crippen LogP contribution in [-0.4, -0.2) is 9.78 Å². The zero-order chi connectivity index (χ0) is 11.8. The number of aromatic nitrogens is 2. The Morgan fingerprint density at radius 1 is 1.29 bits per heavy atom. The lowest BCUT2D eigenvalue weighted by Gasteiger charge is -2.02. The number of nitrogens with one attached hydrogen (secondary N) is 1. The van der Waals surface area contributed by atoms with E-state index in [0.717, 1.165) is 15.7 Å². The highest BCUT2D eigenvalue weighted by atomic mass is 79.9. The number of hydrogen-bond acceptors (Lipinski definition) is 1. The van der Waals surface area contributed by atoms with Gasteiger partial charge < -0.3 is 0 Å². The number of halogens is 1. The molecule has 1 fully saturated rings. The van der Waals surface area contributed by atoms with E-state index >= 15 is 0 Å². The molecule has 88 valence electrons. The fourth-order valence-corrected chi connectivity index (χ4v) is 2.21. The zero-order valence-electron chi connectivity index (χ0n) is 9.32. The van der Waals surface area contributed by atoms with Gasteiger partial charge in [0.1, 0.15) is 0 Å². The first-order valence-electron chi connectivity index (χ1n) is 5.76. The van der Waals surface area contributed by atoms with E-state index in [1.54, 1.807) is 10.7 Å². The molecule has 1 aliphatic carbocycles. The minimum Gasteiger partial charge on any atom is -0.299 e. The van der Waals surface area contributed by atoms with E-state index in [4.69, 9.17) is 0 Å². The Bertz CT molecular complexity index is 578. The van der Waals surface area contributed by atoms with Crippen molar-refractivity contribution in [3.8, 4) is 0 Å². The predicted molar refractivity (Wildman–Crippen MR) is 70.3 cm³/mol. The van der Waals surface area contributed by atoms with Crippen LogP contribution in [0.3, 0.4) is 0 Å². The van der Waals surface area contributed by atoms with Gasteiger partial charge in [-0.15, -0.1) is 0 Å². The topological polar surface area (TPSA) is 37.8 Å². The quantitative estimate of drug-likeness (QED) is 0.928. The van der Waals surface area contributed by atoms with Gasteiger partial charge in [0, 0.05) is 22.2 Å². The monoisotopic (exact) mass is 292 g/mol. The van der Waals surface area contributed by atoms with Crippen molar-refractivity contribution in [1.29, 1.82) is 0 Å². The largest absolute Gasteiger partial charge is 0.299 e. The van der Waals surface area contributed by atoms with Crippen LogP contribution in [0.25, 0.3) is 0 Å². The number of H-pyrrole nitrogens is 1. The summed E-state index contributed by atoms with van der Waals surface area (Å²) in [5, 5.41) is 3.20. The lowest BCUT2D eigenvalue weighted by atomic mass is 10.2. The predicted octanol–water partition coefficient (Wildman–Crippen LogP) is 2.86. The molecule has 1 aromatic carbocycles. The number of rotatable bonds is 3. The summed E-state index contributed by atoms with van der Waals surface area (Å²) in [6.45, 7) is 0.610. The molecule has 2 aromatic rings. The normalized spacial score (nSPS) is 15.1. The molecule has 0 amide bonds. The third-order valence-corrected chi connectivity index (χ3v) is 3.61. The molecule has 4 heteroatoms. The highest BCUT2D eigenvalue weighted by Crippen LogP contribution is 2.38. The van der Waals surface area contributed by atoms with Gasteiger partial charge in [-0.05, 0) is 30.5 Å². The molecule has 0 unspecified atom stereocenters. The van der Waals surface area contributed by atoms with Crippen LogP contribution in [-0.2, 0) is 6.54 Å². The van der Waals surface area contributed by atoms with Crippen molar-refractivity contribution >= 4 is 15.9 Å². The molecule has 1 heterocycles. The summed E-state index contributed by atoms with van der Waals surface area (Å²) in [6.07, 6.45) is 2.41. The molecule has 0 spiro atoms. The van der Waals surface area contributed by atoms with Crippen LogP contribution in [0.4, 0.5) is 0 Å². The van der Waals surface area contributed by atoms with Gasteiger partial charge >= 0.3 is 0 Å². The van der Waals surface area contributed by atoms with Crippen LogP contribution in [0.5, 0.6) is 0 Å². The second kappa shape index (κ2) is 4.18. The van der Waals surface area contributed by atoms with Gasteiger partial charge in [-0.2, -0.15) is 0 Å². The van der Waals surface area contributed by atoms with Crippen molar-refractivity contribution in [3.63, 3.8) is 0 Å². The summed E-state index contributed by atoms with van der Waals surface area (Å²) in [4.78, 5) is 11.8. The van der Waals surface area contributed by atoms with E-state index in [9.17, 15) is 4.79 Å². The Hall–Kier alpha value is -1.29. The standard InChI is InChI=1S/C13H13BrN2O/c14-11-5-1-9(2-6-11)8-16-13(17)7-12(15-16)10-3-4-10/h1-2,5-7,10,15H,3-4,8H2. The van der Waals surface area contributed by atoms with Crippen molar-refractivity contribution in [1.82, 2.24) is 9.78 Å². The first-order chi connectivity index (χ1) is 8.22. The lowest BCUT2D eigenvalue weighted by Crippen LogP contribution is -2.16. The van der Waals surface area contributed by atoms with Gasteiger partial charge in [0.05, 0.1) is 6.54 Å². The van der Waals surface area contributed by atoms with Gasteiger partial charge in [0.2, 0.25) is 0 Å². The van der Waals surface area contributed by atoms with E-state index in [-0.39, 0.29) is 5.56 Å². The Morgan fingerprint density at radius 2 is 2.00 bits per heavy atom. The lowest BCUT2D eigenvalue weighted by molar-refractivity contribution is 0.651. The van der Waals surface area contributed by atoms with Crippen LogP contribution in [0.2, 0.25) is 0 Å². The van der Waals surface area contributed by atoms with Crippen molar-refractivity contribution in [2.24, 2.45) is 0 Å². The van der Waals surface area contributed by atoms with E-state index in [1.807, 2.05) is 24.3 Å². The van der Waals surface area contributed by atoms with Gasteiger partial charge in [0.15, 0.2) is 0 Å². The first-order valence-corrected chi connectivity index (χ1v) is 6.56. The van der Waals surface area contributed by atoms with E-state index in [0.29, 0.717) is 12.5 Å². The summed E-state index contributed by atoms with van der Waals surface area (Å²) in [5.41, 5.74) is 2.28. The van der Waals surface area contributed by atoms with Crippen molar-refractivity contribution in [2.75, 3.05) is 0 Å². The Balaban J connectivity index is 1.84. The molecule has 0 radical (unpaired) electrons. The van der Waals surface area contributed by atoms with Crippen LogP contribution in [0.1, 0.15) is 30.0 Å². The molecular formula is C13H13BrN2O. The molecule has 17 heavy (non-hydrogen) atoms. The molecule has 1 aliphatic rings. The molecule has 0 saturated heterocycles. The Kier molecular flexibility index (Phi) is 2.67. The van der Waals surface area contributed by atoms with E-state index in [2.05, 4.69) is 21.0 Å². The SMILES string of the molecule is O=c1cc(C2CC2)[nH]n1Cc1ccc(Br)cc1. The smallest absolute Gasteiger partial charge is 0.267 e. The minimum absolute atomic E-state index is 0.0646. The maximum Gasteiger partial charge on any atom is 0.267 e. The summed E-state index contributed by atoms with van der Waals surface area (Å²) in [6, 6.07) is 9.76. The number of hydrogen-bond donors (Lipinski definition) is 1. The van der Waals surface area contributed by atoms with Crippen molar-refractivity contribution in [2.45, 2.75) is 25.3 Å². The highest BCUT2D eigenvalue weighted by Gasteiger charge is 2.25. The molecule has 0 atom stereocenters. The average Bonchev–Trinajstić information content (AvgIpc) is 3.09. The van der Waals surface area contributed by atoms with Crippen LogP contribution in [0.15, 0.2) is 39.6 Å². The van der Waals surface area contributed by atoms with Crippen molar-refractivity contribution < 1.29 is 0 Å². The molecule has 1 aromatic heterocycles. The maximum atomic E-state index is 11.8. The fraction of sp³-hybridized carbons (Fsp3) is 0.308. The summed E-state index contributed by atoms with van der Waals surface area (Å²) in [5.74, 6) is 0.592. The number of aromatic amines is 1. The third-order valence-electron chi connectivity index (χ3n) is 3.08. The maximum absolute atomic E-state index is 11.8. The van der Waals surface area contributed by atoms with Crippen LogP contribution in [0, 0.1) is 0 Å². The first kappa shape index (κ1) is 10.8. The Labute approximate surface area is 108 Å². The van der Waals surface area contributed by atoms with Gasteiger partial charge in [-0.1, -0.05) is 28.1 Å². The average molecular weight is 293 g/mol. The Morgan fingerprint density at radius 3 is 2.65 bits per heavy atom.